The van der Waals surface area contributed by atoms with E-state index >= 15 is 0 Å². The first kappa shape index (κ1) is 23.1. The standard InChI is InChI=1S/C25H23N5O3S/c1-2-33-21-14-12-20(13-15-21)30-24(18-8-4-3-5-9-18)28-29-25(30)34-17-23(32)27-26-16-19-10-6-7-11-22(19)31/h3-16H,2,17H2,1H3,(H2,26,27,31,32). The fraction of sp³-hybridized carbons (Fsp3) is 0.120. The lowest BCUT2D eigenvalue weighted by molar-refractivity contribution is -0.625. The highest BCUT2D eigenvalue weighted by atomic mass is 32.2. The van der Waals surface area contributed by atoms with Crippen molar-refractivity contribution in [1.29, 1.82) is 0 Å². The SMILES string of the molecule is CCOc1ccc(-[n+]2c(SCC(=O)N/N=C/c3ccccc3[O-])n[nH]c2-c2ccccc2)cc1. The number of H-pyrrole nitrogens is 1. The van der Waals surface area contributed by atoms with Gasteiger partial charge in [0.15, 0.2) is 0 Å². The molecule has 0 saturated carbocycles. The molecule has 4 aromatic rings. The number of amides is 1. The van der Waals surface area contributed by atoms with E-state index in [1.807, 2.05) is 66.1 Å². The number of hydrogen-bond acceptors (Lipinski definition) is 6. The largest absolute Gasteiger partial charge is 0.872 e. The molecule has 1 aromatic heterocycles. The van der Waals surface area contributed by atoms with Gasteiger partial charge in [0.1, 0.15) is 11.4 Å². The summed E-state index contributed by atoms with van der Waals surface area (Å²) < 4.78 is 7.51. The lowest BCUT2D eigenvalue weighted by Crippen LogP contribution is -2.34. The van der Waals surface area contributed by atoms with Crippen molar-refractivity contribution < 1.29 is 19.2 Å². The van der Waals surface area contributed by atoms with Crippen molar-refractivity contribution in [2.24, 2.45) is 5.10 Å². The van der Waals surface area contributed by atoms with E-state index in [2.05, 4.69) is 20.7 Å². The van der Waals surface area contributed by atoms with Crippen LogP contribution in [0.1, 0.15) is 12.5 Å². The molecule has 0 aliphatic carbocycles. The molecule has 0 bridgehead atoms. The molecule has 1 heterocycles. The second-order valence-electron chi connectivity index (χ2n) is 7.10. The van der Waals surface area contributed by atoms with Crippen LogP contribution in [0.25, 0.3) is 17.1 Å². The van der Waals surface area contributed by atoms with Crippen LogP contribution < -0.4 is 19.8 Å². The maximum absolute atomic E-state index is 12.3. The van der Waals surface area contributed by atoms with Gasteiger partial charge in [-0.15, -0.1) is 5.10 Å². The number of carbonyl (C=O) groups excluding carboxylic acids is 1. The summed E-state index contributed by atoms with van der Waals surface area (Å²) in [6, 6.07) is 24.0. The van der Waals surface area contributed by atoms with Crippen LogP contribution in [-0.2, 0) is 4.79 Å². The molecule has 2 N–H and O–H groups in total. The predicted octanol–water partition coefficient (Wildman–Crippen LogP) is 3.07. The highest BCUT2D eigenvalue weighted by molar-refractivity contribution is 7.99. The third-order valence-electron chi connectivity index (χ3n) is 4.77. The number of ether oxygens (including phenoxy) is 1. The van der Waals surface area contributed by atoms with Gasteiger partial charge < -0.3 is 9.84 Å². The van der Waals surface area contributed by atoms with Crippen molar-refractivity contribution in [3.05, 3.63) is 84.4 Å². The zero-order valence-electron chi connectivity index (χ0n) is 18.5. The Morgan fingerprint density at radius 1 is 1.12 bits per heavy atom. The van der Waals surface area contributed by atoms with Crippen molar-refractivity contribution in [1.82, 2.24) is 15.6 Å². The zero-order valence-corrected chi connectivity index (χ0v) is 19.3. The van der Waals surface area contributed by atoms with Gasteiger partial charge in [0.05, 0.1) is 29.2 Å². The van der Waals surface area contributed by atoms with Crippen molar-refractivity contribution in [2.75, 3.05) is 12.4 Å². The minimum atomic E-state index is -0.313. The van der Waals surface area contributed by atoms with Gasteiger partial charge in [-0.2, -0.15) is 9.67 Å². The zero-order chi connectivity index (χ0) is 23.8. The summed E-state index contributed by atoms with van der Waals surface area (Å²) in [5.41, 5.74) is 4.70. The van der Waals surface area contributed by atoms with E-state index < -0.39 is 0 Å². The minimum Gasteiger partial charge on any atom is -0.872 e. The molecule has 0 unspecified atom stereocenters. The quantitative estimate of drug-likeness (QED) is 0.168. The fourth-order valence-electron chi connectivity index (χ4n) is 3.20. The first-order valence-corrected chi connectivity index (χ1v) is 11.6. The molecule has 0 radical (unpaired) electrons. The van der Waals surface area contributed by atoms with Crippen LogP contribution in [0, 0.1) is 0 Å². The number of carbonyl (C=O) groups is 1. The lowest BCUT2D eigenvalue weighted by atomic mass is 10.2. The van der Waals surface area contributed by atoms with Crippen molar-refractivity contribution in [3.63, 3.8) is 0 Å². The number of thioether (sulfide) groups is 1. The normalized spacial score (nSPS) is 11.0. The molecule has 0 atom stereocenters. The Morgan fingerprint density at radius 3 is 2.59 bits per heavy atom. The van der Waals surface area contributed by atoms with E-state index in [0.717, 1.165) is 22.8 Å². The molecule has 0 aliphatic rings. The molecule has 0 fully saturated rings. The average molecular weight is 474 g/mol. The summed E-state index contributed by atoms with van der Waals surface area (Å²) in [7, 11) is 0. The molecule has 9 heteroatoms. The Hall–Kier alpha value is -4.11. The summed E-state index contributed by atoms with van der Waals surface area (Å²) in [6.45, 7) is 2.53. The van der Waals surface area contributed by atoms with Crippen LogP contribution in [0.3, 0.4) is 0 Å². The monoisotopic (exact) mass is 473 g/mol. The molecule has 4 rings (SSSR count). The highest BCUT2D eigenvalue weighted by Gasteiger charge is 2.24. The van der Waals surface area contributed by atoms with Gasteiger partial charge in [0.25, 0.3) is 11.7 Å². The third kappa shape index (κ3) is 5.62. The summed E-state index contributed by atoms with van der Waals surface area (Å²) in [4.78, 5) is 12.3. The molecule has 3 aromatic carbocycles. The number of rotatable bonds is 9. The molecular weight excluding hydrogens is 450 g/mol. The Kier molecular flexibility index (Phi) is 7.56. The van der Waals surface area contributed by atoms with Crippen molar-refractivity contribution in [3.8, 4) is 28.6 Å². The lowest BCUT2D eigenvalue weighted by Gasteiger charge is -2.08. The van der Waals surface area contributed by atoms with E-state index in [4.69, 9.17) is 4.74 Å². The summed E-state index contributed by atoms with van der Waals surface area (Å²) in [6.07, 6.45) is 1.34. The van der Waals surface area contributed by atoms with Gasteiger partial charge in [-0.3, -0.25) is 4.79 Å². The van der Waals surface area contributed by atoms with E-state index in [0.29, 0.717) is 17.3 Å². The van der Waals surface area contributed by atoms with Crippen molar-refractivity contribution in [2.45, 2.75) is 12.1 Å². The summed E-state index contributed by atoms with van der Waals surface area (Å²) >= 11 is 1.27. The first-order chi connectivity index (χ1) is 16.7. The Bertz CT molecular complexity index is 1270. The molecular formula is C25H23N5O3S. The van der Waals surface area contributed by atoms with E-state index in [1.54, 1.807) is 18.2 Å². The number of aromatic nitrogens is 3. The topological polar surface area (TPSA) is 106 Å². The number of aromatic amines is 1. The van der Waals surface area contributed by atoms with Crippen LogP contribution in [0.15, 0.2) is 89.1 Å². The predicted molar refractivity (Wildman–Crippen MR) is 129 cm³/mol. The van der Waals surface area contributed by atoms with E-state index in [1.165, 1.54) is 24.0 Å². The number of hydrogen-bond donors (Lipinski definition) is 2. The smallest absolute Gasteiger partial charge is 0.342 e. The highest BCUT2D eigenvalue weighted by Crippen LogP contribution is 2.21. The number of nitrogens with one attached hydrogen (secondary N) is 2. The van der Waals surface area contributed by atoms with Gasteiger partial charge in [-0.1, -0.05) is 48.2 Å². The van der Waals surface area contributed by atoms with Gasteiger partial charge in [-0.25, -0.2) is 5.43 Å². The third-order valence-corrected chi connectivity index (χ3v) is 5.71. The van der Waals surface area contributed by atoms with E-state index in [-0.39, 0.29) is 17.4 Å². The summed E-state index contributed by atoms with van der Waals surface area (Å²) in [5, 5.41) is 23.8. The van der Waals surface area contributed by atoms with Crippen LogP contribution in [0.2, 0.25) is 0 Å². The van der Waals surface area contributed by atoms with Gasteiger partial charge in [0, 0.05) is 0 Å². The molecule has 1 amide bonds. The first-order valence-electron chi connectivity index (χ1n) is 10.7. The minimum absolute atomic E-state index is 0.0898. The second-order valence-corrected chi connectivity index (χ2v) is 8.05. The van der Waals surface area contributed by atoms with Crippen LogP contribution in [-0.4, -0.2) is 34.7 Å². The molecule has 34 heavy (non-hydrogen) atoms. The molecule has 0 aliphatic heterocycles. The molecule has 0 saturated heterocycles. The molecule has 172 valence electrons. The summed E-state index contributed by atoms with van der Waals surface area (Å²) in [5.74, 6) is 1.19. The Morgan fingerprint density at radius 2 is 1.85 bits per heavy atom. The Balaban J connectivity index is 1.51. The second kappa shape index (κ2) is 11.2. The van der Waals surface area contributed by atoms with Crippen LogP contribution in [0.4, 0.5) is 0 Å². The van der Waals surface area contributed by atoms with Gasteiger partial charge >= 0.3 is 5.16 Å². The maximum Gasteiger partial charge on any atom is 0.342 e. The van der Waals surface area contributed by atoms with E-state index in [9.17, 15) is 9.90 Å². The number of nitrogens with zero attached hydrogens (tertiary/aromatic N) is 3. The number of para-hydroxylation sites is 1. The van der Waals surface area contributed by atoms with Crippen molar-refractivity contribution >= 4 is 23.9 Å². The maximum atomic E-state index is 12.3. The molecule has 8 nitrogen and oxygen atoms in total. The fourth-order valence-corrected chi connectivity index (χ4v) is 3.96. The Labute approximate surface area is 201 Å². The van der Waals surface area contributed by atoms with Gasteiger partial charge in [0.2, 0.25) is 0 Å². The van der Waals surface area contributed by atoms with Gasteiger partial charge in [-0.05, 0) is 60.6 Å². The average Bonchev–Trinajstić information content (AvgIpc) is 3.29. The van der Waals surface area contributed by atoms with Crippen LogP contribution >= 0.6 is 11.8 Å². The number of benzene rings is 3. The van der Waals surface area contributed by atoms with Crippen LogP contribution in [0.5, 0.6) is 11.5 Å². The number of hydrazone groups is 1. The molecule has 0 spiro atoms.